The number of aromatic nitrogens is 2. The van der Waals surface area contributed by atoms with E-state index in [4.69, 9.17) is 16.6 Å². The molecule has 1 atom stereocenters. The lowest BCUT2D eigenvalue weighted by Crippen LogP contribution is -2.24. The number of nitrogens with one attached hydrogen (secondary N) is 1. The molecule has 2 heterocycles. The van der Waals surface area contributed by atoms with Crippen molar-refractivity contribution in [2.75, 3.05) is 5.32 Å². The first-order valence-electron chi connectivity index (χ1n) is 7.90. The molecule has 1 N–H and O–H groups in total. The zero-order valence-electron chi connectivity index (χ0n) is 12.8. The van der Waals surface area contributed by atoms with Gasteiger partial charge in [0.05, 0.1) is 11.0 Å². The lowest BCUT2D eigenvalue weighted by Gasteiger charge is -2.30. The van der Waals surface area contributed by atoms with E-state index in [1.165, 1.54) is 0 Å². The van der Waals surface area contributed by atoms with Crippen LogP contribution in [0.5, 0.6) is 0 Å². The van der Waals surface area contributed by atoms with Gasteiger partial charge in [0.2, 0.25) is 0 Å². The molecule has 116 valence electrons. The molecule has 0 spiro atoms. The van der Waals surface area contributed by atoms with E-state index in [-0.39, 0.29) is 6.17 Å². The Kier molecular flexibility index (Phi) is 2.91. The first kappa shape index (κ1) is 13.6. The summed E-state index contributed by atoms with van der Waals surface area (Å²) in [5.41, 5.74) is 5.43. The first-order valence-corrected chi connectivity index (χ1v) is 8.27. The molecule has 3 nitrogen and oxygen atoms in total. The maximum Gasteiger partial charge on any atom is 0.145 e. The second-order valence-electron chi connectivity index (χ2n) is 5.94. The van der Waals surface area contributed by atoms with Gasteiger partial charge in [0.15, 0.2) is 0 Å². The zero-order chi connectivity index (χ0) is 16.1. The number of nitrogens with zero attached hydrogens (tertiary/aromatic N) is 2. The third-order valence-electron chi connectivity index (χ3n) is 4.48. The van der Waals surface area contributed by atoms with Gasteiger partial charge in [0, 0.05) is 16.3 Å². The number of hydrogen-bond donors (Lipinski definition) is 1. The van der Waals surface area contributed by atoms with Crippen LogP contribution in [-0.4, -0.2) is 9.55 Å². The maximum atomic E-state index is 6.23. The molecular formula is C20H14ClN3. The van der Waals surface area contributed by atoms with Crippen LogP contribution in [0.1, 0.15) is 11.7 Å². The van der Waals surface area contributed by atoms with Gasteiger partial charge < -0.3 is 5.32 Å². The third kappa shape index (κ3) is 1.95. The second-order valence-corrected chi connectivity index (χ2v) is 6.38. The van der Waals surface area contributed by atoms with Crippen LogP contribution < -0.4 is 5.32 Å². The number of rotatable bonds is 1. The summed E-state index contributed by atoms with van der Waals surface area (Å²) in [4.78, 5) is 4.88. The van der Waals surface area contributed by atoms with Crippen molar-refractivity contribution >= 4 is 28.3 Å². The molecule has 4 aromatic rings. The van der Waals surface area contributed by atoms with Gasteiger partial charge >= 0.3 is 0 Å². The smallest absolute Gasteiger partial charge is 0.145 e. The van der Waals surface area contributed by atoms with Crippen molar-refractivity contribution < 1.29 is 0 Å². The fourth-order valence-electron chi connectivity index (χ4n) is 3.42. The van der Waals surface area contributed by atoms with E-state index in [0.717, 1.165) is 38.7 Å². The average Bonchev–Trinajstić information content (AvgIpc) is 3.01. The molecular weight excluding hydrogens is 318 g/mol. The Morgan fingerprint density at radius 3 is 2.67 bits per heavy atom. The normalized spacial score (nSPS) is 15.6. The Hall–Kier alpha value is -2.78. The molecule has 3 aromatic carbocycles. The lowest BCUT2D eigenvalue weighted by atomic mass is 10.1. The minimum atomic E-state index is -0.0407. The summed E-state index contributed by atoms with van der Waals surface area (Å²) in [7, 11) is 0. The molecule has 0 saturated heterocycles. The van der Waals surface area contributed by atoms with E-state index >= 15 is 0 Å². The highest BCUT2D eigenvalue weighted by molar-refractivity contribution is 6.30. The summed E-state index contributed by atoms with van der Waals surface area (Å²) in [6.45, 7) is 0. The van der Waals surface area contributed by atoms with Gasteiger partial charge in [-0.2, -0.15) is 0 Å². The predicted molar refractivity (Wildman–Crippen MR) is 98.4 cm³/mol. The van der Waals surface area contributed by atoms with Crippen molar-refractivity contribution in [3.8, 4) is 11.4 Å². The molecule has 5 rings (SSSR count). The van der Waals surface area contributed by atoms with Gasteiger partial charge in [-0.3, -0.25) is 4.57 Å². The summed E-state index contributed by atoms with van der Waals surface area (Å²) in [5, 5.41) is 4.37. The van der Waals surface area contributed by atoms with Gasteiger partial charge in [0.1, 0.15) is 12.0 Å². The van der Waals surface area contributed by atoms with Crippen LogP contribution in [0.15, 0.2) is 72.8 Å². The number of hydrogen-bond acceptors (Lipinski definition) is 2. The number of imidazole rings is 1. The Balaban J connectivity index is 1.83. The van der Waals surface area contributed by atoms with Crippen molar-refractivity contribution in [1.82, 2.24) is 9.55 Å². The fraction of sp³-hybridized carbons (Fsp3) is 0.0500. The molecule has 0 aliphatic carbocycles. The maximum absolute atomic E-state index is 6.23. The Labute approximate surface area is 144 Å². The van der Waals surface area contributed by atoms with Crippen LogP contribution in [0, 0.1) is 0 Å². The van der Waals surface area contributed by atoms with Crippen molar-refractivity contribution in [3.63, 3.8) is 0 Å². The van der Waals surface area contributed by atoms with E-state index in [2.05, 4.69) is 40.2 Å². The zero-order valence-corrected chi connectivity index (χ0v) is 13.5. The number of benzene rings is 3. The van der Waals surface area contributed by atoms with Crippen molar-refractivity contribution in [1.29, 1.82) is 0 Å². The summed E-state index contributed by atoms with van der Waals surface area (Å²) in [6.07, 6.45) is -0.0407. The SMILES string of the molecule is Clc1cccc([C@@H]2Nc3ccccc3-c3nc4ccccc4n32)c1. The molecule has 0 fully saturated rings. The summed E-state index contributed by atoms with van der Waals surface area (Å²) in [6, 6.07) is 24.5. The summed E-state index contributed by atoms with van der Waals surface area (Å²) < 4.78 is 2.25. The highest BCUT2D eigenvalue weighted by Crippen LogP contribution is 2.40. The number of halogens is 1. The van der Waals surface area contributed by atoms with Crippen LogP contribution in [0.4, 0.5) is 5.69 Å². The molecule has 0 bridgehead atoms. The van der Waals surface area contributed by atoms with Gasteiger partial charge in [-0.1, -0.05) is 48.0 Å². The standard InChI is InChI=1S/C20H14ClN3/c21-14-7-5-6-13(12-14)19-22-16-9-2-1-8-15(16)20-23-17-10-3-4-11-18(17)24(19)20/h1-12,19,22H/t19-/m1/s1. The van der Waals surface area contributed by atoms with Crippen molar-refractivity contribution in [2.45, 2.75) is 6.17 Å². The molecule has 0 unspecified atom stereocenters. The van der Waals surface area contributed by atoms with Crippen molar-refractivity contribution in [3.05, 3.63) is 83.4 Å². The second kappa shape index (κ2) is 5.11. The third-order valence-corrected chi connectivity index (χ3v) is 4.71. The summed E-state index contributed by atoms with van der Waals surface area (Å²) in [5.74, 6) is 0.982. The minimum absolute atomic E-state index is 0.0407. The quantitative estimate of drug-likeness (QED) is 0.511. The Bertz CT molecular complexity index is 1070. The molecule has 0 amide bonds. The number of para-hydroxylation sites is 3. The van der Waals surface area contributed by atoms with E-state index in [0.29, 0.717) is 0 Å². The monoisotopic (exact) mass is 331 g/mol. The highest BCUT2D eigenvalue weighted by Gasteiger charge is 2.27. The molecule has 1 aromatic heterocycles. The van der Waals surface area contributed by atoms with Gasteiger partial charge in [-0.15, -0.1) is 0 Å². The molecule has 0 saturated carbocycles. The predicted octanol–water partition coefficient (Wildman–Crippen LogP) is 5.33. The van der Waals surface area contributed by atoms with E-state index in [9.17, 15) is 0 Å². The molecule has 0 radical (unpaired) electrons. The van der Waals surface area contributed by atoms with E-state index in [1.54, 1.807) is 0 Å². The van der Waals surface area contributed by atoms with E-state index < -0.39 is 0 Å². The first-order chi connectivity index (χ1) is 11.8. The van der Waals surface area contributed by atoms with Crippen LogP contribution in [0.25, 0.3) is 22.4 Å². The average molecular weight is 332 g/mol. The molecule has 1 aliphatic rings. The lowest BCUT2D eigenvalue weighted by molar-refractivity contribution is 0.669. The van der Waals surface area contributed by atoms with Gasteiger partial charge in [-0.05, 0) is 42.0 Å². The van der Waals surface area contributed by atoms with Crippen LogP contribution >= 0.6 is 11.6 Å². The Morgan fingerprint density at radius 2 is 1.75 bits per heavy atom. The van der Waals surface area contributed by atoms with Crippen LogP contribution in [0.3, 0.4) is 0 Å². The largest absolute Gasteiger partial charge is 0.361 e. The molecule has 4 heteroatoms. The summed E-state index contributed by atoms with van der Waals surface area (Å²) >= 11 is 6.23. The minimum Gasteiger partial charge on any atom is -0.361 e. The molecule has 1 aliphatic heterocycles. The highest BCUT2D eigenvalue weighted by atomic mass is 35.5. The molecule has 24 heavy (non-hydrogen) atoms. The van der Waals surface area contributed by atoms with Crippen molar-refractivity contribution in [2.24, 2.45) is 0 Å². The topological polar surface area (TPSA) is 29.9 Å². The number of fused-ring (bicyclic) bond motifs is 5. The number of anilines is 1. The Morgan fingerprint density at radius 1 is 0.917 bits per heavy atom. The van der Waals surface area contributed by atoms with Gasteiger partial charge in [-0.25, -0.2) is 4.98 Å². The van der Waals surface area contributed by atoms with Gasteiger partial charge in [0.25, 0.3) is 0 Å². The van der Waals surface area contributed by atoms with Crippen LogP contribution in [0.2, 0.25) is 5.02 Å². The van der Waals surface area contributed by atoms with Crippen LogP contribution in [-0.2, 0) is 0 Å². The fourth-order valence-corrected chi connectivity index (χ4v) is 3.62. The van der Waals surface area contributed by atoms with E-state index in [1.807, 2.05) is 42.5 Å².